The largest absolute Gasteiger partial charge is 0.504 e. The lowest BCUT2D eigenvalue weighted by Gasteiger charge is -2.49. The van der Waals surface area contributed by atoms with Gasteiger partial charge in [0.2, 0.25) is 11.8 Å². The first-order valence-electron chi connectivity index (χ1n) is 12.0. The van der Waals surface area contributed by atoms with Crippen LogP contribution in [0.1, 0.15) is 25.3 Å². The molecule has 5 rings (SSSR count). The van der Waals surface area contributed by atoms with Crippen LogP contribution in [-0.4, -0.2) is 67.4 Å². The van der Waals surface area contributed by atoms with E-state index in [9.17, 15) is 24.3 Å². The van der Waals surface area contributed by atoms with Crippen LogP contribution in [0, 0.1) is 23.7 Å². The number of methoxy groups -OCH3 is 1. The van der Waals surface area contributed by atoms with Crippen molar-refractivity contribution in [2.75, 3.05) is 19.1 Å². The van der Waals surface area contributed by atoms with Gasteiger partial charge in [-0.1, -0.05) is 45.8 Å². The molecule has 11 heteroatoms. The van der Waals surface area contributed by atoms with Gasteiger partial charge in [-0.3, -0.25) is 29.0 Å². The Labute approximate surface area is 232 Å². The molecule has 1 aromatic carbocycles. The number of amides is 4. The van der Waals surface area contributed by atoms with E-state index < -0.39 is 45.2 Å². The number of rotatable bonds is 5. The zero-order chi connectivity index (χ0) is 26.9. The van der Waals surface area contributed by atoms with E-state index in [1.54, 1.807) is 31.2 Å². The molecule has 0 spiro atoms. The summed E-state index contributed by atoms with van der Waals surface area (Å²) in [6.07, 6.45) is 5.63. The average Bonchev–Trinajstić information content (AvgIpc) is 3.21. The predicted molar refractivity (Wildman–Crippen MR) is 140 cm³/mol. The van der Waals surface area contributed by atoms with E-state index in [2.05, 4.69) is 15.9 Å². The summed E-state index contributed by atoms with van der Waals surface area (Å²) in [5.41, 5.74) is 1.31. The third-order valence-corrected chi connectivity index (χ3v) is 10.1. The molecule has 2 aliphatic carbocycles. The number of benzene rings is 1. The highest BCUT2D eigenvalue weighted by Gasteiger charge is 2.75. The molecule has 1 N–H and O–H groups in total. The van der Waals surface area contributed by atoms with Gasteiger partial charge in [-0.05, 0) is 43.4 Å². The second-order valence-corrected chi connectivity index (χ2v) is 11.5. The number of carbonyl (C=O) groups is 4. The van der Waals surface area contributed by atoms with Gasteiger partial charge < -0.3 is 9.84 Å². The van der Waals surface area contributed by atoms with Gasteiger partial charge in [-0.15, -0.1) is 23.2 Å². The van der Waals surface area contributed by atoms with Gasteiger partial charge in [0.1, 0.15) is 0 Å². The second kappa shape index (κ2) is 9.13. The Hall–Kier alpha value is -2.36. The van der Waals surface area contributed by atoms with Crippen LogP contribution >= 0.6 is 39.1 Å². The fraction of sp³-hybridized carbons (Fsp3) is 0.462. The summed E-state index contributed by atoms with van der Waals surface area (Å²) in [6, 6.07) is 4.77. The number of aromatic hydroxyl groups is 1. The van der Waals surface area contributed by atoms with Crippen molar-refractivity contribution in [1.82, 2.24) is 9.80 Å². The molecule has 2 saturated heterocycles. The monoisotopic (exact) mass is 610 g/mol. The minimum Gasteiger partial charge on any atom is -0.504 e. The predicted octanol–water partition coefficient (Wildman–Crippen LogP) is 3.68. The van der Waals surface area contributed by atoms with Crippen LogP contribution in [0.15, 0.2) is 35.9 Å². The first-order valence-corrected chi connectivity index (χ1v) is 13.8. The van der Waals surface area contributed by atoms with Crippen LogP contribution < -0.4 is 4.74 Å². The number of imide groups is 2. The molecule has 2 heterocycles. The minimum absolute atomic E-state index is 0.0265. The molecule has 6 atom stereocenters. The summed E-state index contributed by atoms with van der Waals surface area (Å²) >= 11 is 17.4. The standard InChI is InChI=1S/C26H25BrCl2N2O6/c1-3-30-21(33)15-7-6-14-16(20(15)22(30)34)11-25(28)23(35)31(12-27)24(36)26(25,29)17(14)8-4-13-5-9-18(32)19(10-13)37-2/h4-6,8-10,15-17,20,32H,3,7,11-12H2,1-2H3. The first-order chi connectivity index (χ1) is 17.5. The van der Waals surface area contributed by atoms with Gasteiger partial charge >= 0.3 is 0 Å². The molecule has 4 amide bonds. The summed E-state index contributed by atoms with van der Waals surface area (Å²) < 4.78 is 5.19. The second-order valence-electron chi connectivity index (χ2n) is 9.74. The van der Waals surface area contributed by atoms with Crippen molar-refractivity contribution in [3.63, 3.8) is 0 Å². The highest BCUT2D eigenvalue weighted by Crippen LogP contribution is 2.63. The number of alkyl halides is 3. The normalized spacial score (nSPS) is 35.1. The number of carbonyl (C=O) groups excluding carboxylic acids is 4. The molecule has 1 saturated carbocycles. The number of halogens is 3. The number of hydrogen-bond donors (Lipinski definition) is 1. The molecule has 1 aromatic rings. The highest BCUT2D eigenvalue weighted by molar-refractivity contribution is 9.09. The molecular weight excluding hydrogens is 587 g/mol. The van der Waals surface area contributed by atoms with Gasteiger partial charge in [0.25, 0.3) is 11.8 Å². The Kier molecular flexibility index (Phi) is 6.48. The van der Waals surface area contributed by atoms with E-state index in [0.29, 0.717) is 12.0 Å². The van der Waals surface area contributed by atoms with Crippen LogP contribution in [0.25, 0.3) is 6.08 Å². The number of phenols is 1. The minimum atomic E-state index is -1.83. The van der Waals surface area contributed by atoms with Gasteiger partial charge in [0, 0.05) is 12.5 Å². The maximum atomic E-state index is 13.6. The summed E-state index contributed by atoms with van der Waals surface area (Å²) in [4.78, 5) is 52.0. The summed E-state index contributed by atoms with van der Waals surface area (Å²) in [5, 5.41) is 9.95. The Bertz CT molecular complexity index is 1280. The number of hydrogen-bond acceptors (Lipinski definition) is 6. The van der Waals surface area contributed by atoms with Crippen molar-refractivity contribution in [3.8, 4) is 11.5 Å². The summed E-state index contributed by atoms with van der Waals surface area (Å²) in [5.74, 6) is -4.07. The van der Waals surface area contributed by atoms with E-state index in [-0.39, 0.29) is 41.7 Å². The number of fused-ring (bicyclic) bond motifs is 4. The number of allylic oxidation sites excluding steroid dienone is 3. The molecule has 0 bridgehead atoms. The van der Waals surface area contributed by atoms with Gasteiger partial charge in [-0.2, -0.15) is 0 Å². The average molecular weight is 612 g/mol. The lowest BCUT2D eigenvalue weighted by atomic mass is 9.57. The van der Waals surface area contributed by atoms with E-state index in [1.165, 1.54) is 18.1 Å². The van der Waals surface area contributed by atoms with Crippen molar-refractivity contribution < 1.29 is 29.0 Å². The van der Waals surface area contributed by atoms with Crippen LogP contribution in [-0.2, 0) is 19.2 Å². The lowest BCUT2D eigenvalue weighted by molar-refractivity contribution is -0.141. The topological polar surface area (TPSA) is 104 Å². The third kappa shape index (κ3) is 3.46. The number of likely N-dealkylation sites (tertiary alicyclic amines) is 2. The van der Waals surface area contributed by atoms with Gasteiger partial charge in [-0.25, -0.2) is 0 Å². The number of phenolic OH excluding ortho intramolecular Hbond substituents is 1. The molecule has 196 valence electrons. The van der Waals surface area contributed by atoms with Crippen molar-refractivity contribution in [1.29, 1.82) is 0 Å². The van der Waals surface area contributed by atoms with Crippen LogP contribution in [0.3, 0.4) is 0 Å². The van der Waals surface area contributed by atoms with Gasteiger partial charge in [0.15, 0.2) is 21.2 Å². The summed E-state index contributed by atoms with van der Waals surface area (Å²) in [6.45, 7) is 2.01. The lowest BCUT2D eigenvalue weighted by Crippen LogP contribution is -2.60. The van der Waals surface area contributed by atoms with E-state index >= 15 is 0 Å². The highest BCUT2D eigenvalue weighted by atomic mass is 79.9. The number of nitrogens with zero attached hydrogens (tertiary/aromatic N) is 2. The Morgan fingerprint density at radius 1 is 1.14 bits per heavy atom. The molecule has 4 aliphatic rings. The van der Waals surface area contributed by atoms with E-state index in [0.717, 1.165) is 10.5 Å². The zero-order valence-corrected chi connectivity index (χ0v) is 23.2. The van der Waals surface area contributed by atoms with E-state index in [1.807, 2.05) is 6.08 Å². The Morgan fingerprint density at radius 3 is 2.51 bits per heavy atom. The van der Waals surface area contributed by atoms with Crippen molar-refractivity contribution in [3.05, 3.63) is 41.5 Å². The third-order valence-electron chi connectivity index (χ3n) is 8.16. The fourth-order valence-corrected chi connectivity index (χ4v) is 7.76. The van der Waals surface area contributed by atoms with Crippen molar-refractivity contribution >= 4 is 68.8 Å². The molecular formula is C26H25BrCl2N2O6. The zero-order valence-electron chi connectivity index (χ0n) is 20.1. The van der Waals surface area contributed by atoms with Crippen LogP contribution in [0.5, 0.6) is 11.5 Å². The Morgan fingerprint density at radius 2 is 1.86 bits per heavy atom. The van der Waals surface area contributed by atoms with Crippen molar-refractivity contribution in [2.45, 2.75) is 29.5 Å². The molecule has 0 radical (unpaired) electrons. The number of ether oxygens (including phenoxy) is 1. The smallest absolute Gasteiger partial charge is 0.254 e. The SMILES string of the molecule is CCN1C(=O)C2CC=C3C(CC4(Cl)C(=O)N(CBr)C(=O)C4(Cl)C3C=Cc3ccc(O)c(OC)c3)C2C1=O. The Balaban J connectivity index is 1.65. The molecule has 0 aromatic heterocycles. The molecule has 37 heavy (non-hydrogen) atoms. The van der Waals surface area contributed by atoms with Crippen LogP contribution in [0.2, 0.25) is 0 Å². The first kappa shape index (κ1) is 26.3. The van der Waals surface area contributed by atoms with Crippen molar-refractivity contribution in [2.24, 2.45) is 23.7 Å². The molecule has 3 fully saturated rings. The fourth-order valence-electron chi connectivity index (χ4n) is 6.38. The molecule has 8 nitrogen and oxygen atoms in total. The maximum absolute atomic E-state index is 13.6. The summed E-state index contributed by atoms with van der Waals surface area (Å²) in [7, 11) is 1.43. The van der Waals surface area contributed by atoms with Crippen LogP contribution in [0.4, 0.5) is 0 Å². The van der Waals surface area contributed by atoms with E-state index in [4.69, 9.17) is 27.9 Å². The quantitative estimate of drug-likeness (QED) is 0.236. The van der Waals surface area contributed by atoms with Gasteiger partial charge in [0.05, 0.1) is 24.4 Å². The maximum Gasteiger partial charge on any atom is 0.254 e. The molecule has 6 unspecified atom stereocenters. The molecule has 2 aliphatic heterocycles.